The number of likely N-dealkylation sites (tertiary alicyclic amines) is 1. The molecule has 1 aliphatic carbocycles. The van der Waals surface area contributed by atoms with Crippen molar-refractivity contribution < 1.29 is 21.9 Å². The molecule has 0 saturated carbocycles. The minimum absolute atomic E-state index is 0.0510. The molecule has 0 aromatic heterocycles. The summed E-state index contributed by atoms with van der Waals surface area (Å²) in [7, 11) is 0. The number of nitrogens with zero attached hydrogens (tertiary/aromatic N) is 1. The van der Waals surface area contributed by atoms with Crippen LogP contribution in [0, 0.1) is 11.8 Å². The van der Waals surface area contributed by atoms with Crippen LogP contribution in [-0.4, -0.2) is 32.5 Å². The zero-order chi connectivity index (χ0) is 16.5. The molecule has 126 valence electrons. The van der Waals surface area contributed by atoms with Gasteiger partial charge in [0.15, 0.2) is 0 Å². The molecule has 22 heavy (non-hydrogen) atoms. The predicted molar refractivity (Wildman–Crippen MR) is 78.8 cm³/mol. The lowest BCUT2D eigenvalue weighted by Crippen LogP contribution is -2.51. The van der Waals surface area contributed by atoms with Gasteiger partial charge in [0.25, 0.3) is 0 Å². The Morgan fingerprint density at radius 1 is 1.45 bits per heavy atom. The Kier molecular flexibility index (Phi) is 5.34. The highest BCUT2D eigenvalue weighted by Crippen LogP contribution is 2.40. The van der Waals surface area contributed by atoms with E-state index in [9.17, 15) is 17.4 Å². The third kappa shape index (κ3) is 4.11. The molecule has 4 nitrogen and oxygen atoms in total. The van der Waals surface area contributed by atoms with Crippen LogP contribution in [0.5, 0.6) is 0 Å². The first-order valence-electron chi connectivity index (χ1n) is 7.31. The third-order valence-corrected chi connectivity index (χ3v) is 4.44. The van der Waals surface area contributed by atoms with E-state index in [1.165, 1.54) is 12.2 Å². The van der Waals surface area contributed by atoms with E-state index < -0.39 is 29.2 Å². The van der Waals surface area contributed by atoms with Gasteiger partial charge in [0.05, 0.1) is 11.7 Å². The molecule has 1 saturated heterocycles. The number of rotatable bonds is 4. The van der Waals surface area contributed by atoms with E-state index in [2.05, 4.69) is 4.72 Å². The molecule has 0 bridgehead atoms. The van der Waals surface area contributed by atoms with Crippen LogP contribution >= 0.6 is 0 Å². The lowest BCUT2D eigenvalue weighted by atomic mass is 9.84. The second-order valence-corrected chi connectivity index (χ2v) is 6.90. The van der Waals surface area contributed by atoms with Crippen LogP contribution in [0.4, 0.5) is 13.2 Å². The lowest BCUT2D eigenvalue weighted by Gasteiger charge is -2.45. The highest BCUT2D eigenvalue weighted by Gasteiger charge is 2.39. The summed E-state index contributed by atoms with van der Waals surface area (Å²) in [6, 6.07) is 0. The van der Waals surface area contributed by atoms with Gasteiger partial charge in [-0.1, -0.05) is 19.9 Å². The molecule has 2 N–H and O–H groups in total. The standard InChI is InChI=1S/C14H21F3N2O2S/c1-9(2)8-19-12-7-11(14(15,16)17)5-3-10(12)4-6-13(19)18-22(20)21/h5,7,9-10,13,18H,3-4,6,8H2,1-2H3,(H,20,21). The van der Waals surface area contributed by atoms with Gasteiger partial charge in [0.2, 0.25) is 11.3 Å². The largest absolute Gasteiger partial charge is 0.416 e. The van der Waals surface area contributed by atoms with Crippen molar-refractivity contribution in [2.75, 3.05) is 6.54 Å². The smallest absolute Gasteiger partial charge is 0.358 e. The maximum atomic E-state index is 13.0. The summed E-state index contributed by atoms with van der Waals surface area (Å²) < 4.78 is 61.5. The SMILES string of the molecule is CC(C)CN1C2=CC(C(F)(F)F)=CCC2CCC1NS(=O)O. The highest BCUT2D eigenvalue weighted by atomic mass is 32.2. The number of hydrogen-bond donors (Lipinski definition) is 2. The Balaban J connectivity index is 2.31. The molecule has 2 rings (SSSR count). The van der Waals surface area contributed by atoms with Crippen molar-refractivity contribution in [3.8, 4) is 0 Å². The second-order valence-electron chi connectivity index (χ2n) is 6.17. The van der Waals surface area contributed by atoms with Gasteiger partial charge in [-0.15, -0.1) is 0 Å². The Hall–Kier alpha value is -0.860. The quantitative estimate of drug-likeness (QED) is 0.774. The minimum Gasteiger partial charge on any atom is -0.358 e. The van der Waals surface area contributed by atoms with Crippen molar-refractivity contribution in [3.05, 3.63) is 23.4 Å². The van der Waals surface area contributed by atoms with Crippen LogP contribution in [0.3, 0.4) is 0 Å². The average Bonchev–Trinajstić information content (AvgIpc) is 2.39. The maximum absolute atomic E-state index is 13.0. The van der Waals surface area contributed by atoms with Gasteiger partial charge in [-0.3, -0.25) is 4.55 Å². The maximum Gasteiger partial charge on any atom is 0.416 e. The van der Waals surface area contributed by atoms with Crippen LogP contribution in [0.25, 0.3) is 0 Å². The molecule has 8 heteroatoms. The molecule has 0 aromatic rings. The van der Waals surface area contributed by atoms with Crippen LogP contribution in [0.1, 0.15) is 33.1 Å². The lowest BCUT2D eigenvalue weighted by molar-refractivity contribution is -0.0892. The van der Waals surface area contributed by atoms with Crippen molar-refractivity contribution in [3.63, 3.8) is 0 Å². The monoisotopic (exact) mass is 338 g/mol. The minimum atomic E-state index is -4.36. The highest BCUT2D eigenvalue weighted by molar-refractivity contribution is 7.77. The van der Waals surface area contributed by atoms with Crippen molar-refractivity contribution in [1.82, 2.24) is 9.62 Å². The summed E-state index contributed by atoms with van der Waals surface area (Å²) in [4.78, 5) is 1.83. The van der Waals surface area contributed by atoms with Crippen LogP contribution in [0.2, 0.25) is 0 Å². The summed E-state index contributed by atoms with van der Waals surface area (Å²) in [5.74, 6) is 0.284. The number of hydrogen-bond acceptors (Lipinski definition) is 2. The van der Waals surface area contributed by atoms with Gasteiger partial charge < -0.3 is 4.90 Å². The first-order chi connectivity index (χ1) is 10.2. The molecule has 1 fully saturated rings. The van der Waals surface area contributed by atoms with Crippen LogP contribution in [-0.2, 0) is 11.3 Å². The van der Waals surface area contributed by atoms with E-state index in [0.29, 0.717) is 31.5 Å². The Morgan fingerprint density at radius 2 is 2.14 bits per heavy atom. The molecular formula is C14H21F3N2O2S. The Morgan fingerprint density at radius 3 is 2.68 bits per heavy atom. The fourth-order valence-electron chi connectivity index (χ4n) is 3.07. The summed E-state index contributed by atoms with van der Waals surface area (Å²) in [6.45, 7) is 4.49. The van der Waals surface area contributed by atoms with E-state index in [4.69, 9.17) is 4.55 Å². The molecule has 0 amide bonds. The summed E-state index contributed by atoms with van der Waals surface area (Å²) in [5, 5.41) is 0. The summed E-state index contributed by atoms with van der Waals surface area (Å²) >= 11 is -2.19. The third-order valence-electron chi connectivity index (χ3n) is 3.97. The Labute approximate surface area is 130 Å². The number of fused-ring (bicyclic) bond motifs is 1. The van der Waals surface area contributed by atoms with Gasteiger partial charge in [-0.05, 0) is 31.3 Å². The zero-order valence-corrected chi connectivity index (χ0v) is 13.4. The first kappa shape index (κ1) is 17.5. The van der Waals surface area contributed by atoms with Crippen molar-refractivity contribution in [1.29, 1.82) is 0 Å². The fraction of sp³-hybridized carbons (Fsp3) is 0.714. The summed E-state index contributed by atoms with van der Waals surface area (Å²) in [6.07, 6.45) is -0.619. The van der Waals surface area contributed by atoms with E-state index in [-0.39, 0.29) is 11.8 Å². The van der Waals surface area contributed by atoms with E-state index in [1.54, 1.807) is 0 Å². The van der Waals surface area contributed by atoms with Gasteiger partial charge >= 0.3 is 6.18 Å². The van der Waals surface area contributed by atoms with Gasteiger partial charge in [0, 0.05) is 18.2 Å². The molecule has 2 aliphatic rings. The number of alkyl halides is 3. The normalized spacial score (nSPS) is 27.3. The Bertz CT molecular complexity index is 503. The topological polar surface area (TPSA) is 52.6 Å². The van der Waals surface area contributed by atoms with Crippen LogP contribution < -0.4 is 4.72 Å². The molecule has 0 aromatic carbocycles. The van der Waals surface area contributed by atoms with Crippen molar-refractivity contribution >= 4 is 11.3 Å². The second kappa shape index (κ2) is 6.72. The molecule has 0 radical (unpaired) electrons. The van der Waals surface area contributed by atoms with Gasteiger partial charge in [0.1, 0.15) is 0 Å². The number of nitrogens with one attached hydrogen (secondary N) is 1. The van der Waals surface area contributed by atoms with Gasteiger partial charge in [-0.25, -0.2) is 4.21 Å². The van der Waals surface area contributed by atoms with E-state index in [1.807, 2.05) is 18.7 Å². The summed E-state index contributed by atoms with van der Waals surface area (Å²) in [5.41, 5.74) is -0.00370. The number of piperidine rings is 1. The van der Waals surface area contributed by atoms with Crippen molar-refractivity contribution in [2.45, 2.75) is 45.5 Å². The predicted octanol–water partition coefficient (Wildman–Crippen LogP) is 3.18. The molecule has 1 aliphatic heterocycles. The zero-order valence-electron chi connectivity index (χ0n) is 12.6. The number of allylic oxidation sites excluding steroid dienone is 4. The van der Waals surface area contributed by atoms with E-state index in [0.717, 1.165) is 0 Å². The van der Waals surface area contributed by atoms with Gasteiger partial charge in [-0.2, -0.15) is 17.9 Å². The fourth-order valence-corrected chi connectivity index (χ4v) is 3.54. The number of halogens is 3. The first-order valence-corrected chi connectivity index (χ1v) is 8.41. The molecule has 0 spiro atoms. The molecular weight excluding hydrogens is 317 g/mol. The van der Waals surface area contributed by atoms with Crippen LogP contribution in [0.15, 0.2) is 23.4 Å². The molecule has 3 unspecified atom stereocenters. The van der Waals surface area contributed by atoms with Crippen molar-refractivity contribution in [2.24, 2.45) is 11.8 Å². The van der Waals surface area contributed by atoms with E-state index >= 15 is 0 Å². The average molecular weight is 338 g/mol. The molecule has 3 atom stereocenters. The molecule has 1 heterocycles.